The zero-order chi connectivity index (χ0) is 18.6. The summed E-state index contributed by atoms with van der Waals surface area (Å²) in [5, 5.41) is 0. The molecule has 1 unspecified atom stereocenters. The fourth-order valence-corrected chi connectivity index (χ4v) is 7.82. The summed E-state index contributed by atoms with van der Waals surface area (Å²) in [5.74, 6) is 2.95. The normalized spacial score (nSPS) is 49.9. The maximum atomic E-state index is 12.9. The maximum Gasteiger partial charge on any atom is 0.142 e. The summed E-state index contributed by atoms with van der Waals surface area (Å²) in [4.78, 5) is 24.4. The fraction of sp³-hybridized carbons (Fsp3) is 0.792. The lowest BCUT2D eigenvalue weighted by molar-refractivity contribution is -0.406. The Kier molecular flexibility index (Phi) is 3.24. The van der Waals surface area contributed by atoms with Gasteiger partial charge in [0.15, 0.2) is 0 Å². The lowest BCUT2D eigenvalue weighted by Crippen LogP contribution is -2.47. The summed E-state index contributed by atoms with van der Waals surface area (Å²) < 4.78 is 0. The third-order valence-electron chi connectivity index (χ3n) is 8.90. The second kappa shape index (κ2) is 5.16. The minimum Gasteiger partial charge on any atom is -0.299 e. The summed E-state index contributed by atoms with van der Waals surface area (Å²) >= 11 is 0. The van der Waals surface area contributed by atoms with Crippen LogP contribution in [0.15, 0.2) is 22.8 Å². The Labute approximate surface area is 162 Å². The highest BCUT2D eigenvalue weighted by molar-refractivity contribution is 5.93. The van der Waals surface area contributed by atoms with Crippen LogP contribution in [-0.2, 0) is 14.6 Å². The Bertz CT molecular complexity index is 789. The van der Waals surface area contributed by atoms with Gasteiger partial charge in [-0.3, -0.25) is 4.79 Å². The number of hydrogen-bond donors (Lipinski definition) is 0. The van der Waals surface area contributed by atoms with E-state index in [1.165, 1.54) is 19.3 Å². The third kappa shape index (κ3) is 2.25. The highest BCUT2D eigenvalue weighted by Crippen LogP contribution is 2.69. The molecule has 146 valence electrons. The number of Topliss-reactive ketones (excluding diaryl/α,β-unsaturated/α-hetero) is 1. The van der Waals surface area contributed by atoms with Gasteiger partial charge >= 0.3 is 0 Å². The molecular weight excluding hydrogens is 336 g/mol. The smallest absolute Gasteiger partial charge is 0.142 e. The Balaban J connectivity index is 1.32. The van der Waals surface area contributed by atoms with E-state index in [2.05, 4.69) is 26.8 Å². The van der Waals surface area contributed by atoms with Crippen molar-refractivity contribution in [2.75, 3.05) is 6.61 Å². The number of carbonyl (C=O) groups is 1. The summed E-state index contributed by atoms with van der Waals surface area (Å²) in [6.45, 7) is 7.57. The molecule has 0 radical (unpaired) electrons. The molecule has 1 aliphatic heterocycles. The molecule has 1 saturated heterocycles. The first kappa shape index (κ1) is 17.0. The molecule has 0 N–H and O–H groups in total. The number of hydrogen-bond acceptors (Lipinski definition) is 3. The van der Waals surface area contributed by atoms with E-state index in [4.69, 9.17) is 9.78 Å². The van der Waals surface area contributed by atoms with Crippen molar-refractivity contribution in [1.29, 1.82) is 0 Å². The van der Waals surface area contributed by atoms with E-state index in [1.807, 2.05) is 0 Å². The molecule has 0 bridgehead atoms. The molecule has 1 spiro atoms. The molecule has 0 aromatic rings. The summed E-state index contributed by atoms with van der Waals surface area (Å²) in [5.41, 5.74) is 4.94. The summed E-state index contributed by atoms with van der Waals surface area (Å²) in [6.07, 6.45) is 11.4. The van der Waals surface area contributed by atoms with Crippen LogP contribution in [0.3, 0.4) is 0 Å². The standard InChI is InChI=1S/C24H32O3/c1-22(2)12-24(27-26-13-22)9-7-15-14(11-24)4-5-17-16(15)6-8-23(3)20(17)18-10-19(18)21(23)25/h6,17-20H,4-5,7-13H2,1-3H3/t17-,18-,19+,20-,23+,24?/m1/s1. The van der Waals surface area contributed by atoms with Crippen molar-refractivity contribution in [3.05, 3.63) is 22.8 Å². The molecule has 6 atom stereocenters. The van der Waals surface area contributed by atoms with Crippen LogP contribution in [0.5, 0.6) is 0 Å². The van der Waals surface area contributed by atoms with Crippen molar-refractivity contribution in [1.82, 2.24) is 0 Å². The van der Waals surface area contributed by atoms with E-state index in [9.17, 15) is 4.79 Å². The van der Waals surface area contributed by atoms with Gasteiger partial charge in [-0.25, -0.2) is 9.78 Å². The van der Waals surface area contributed by atoms with Crippen LogP contribution in [0, 0.1) is 34.5 Å². The molecule has 5 aliphatic carbocycles. The molecule has 3 nitrogen and oxygen atoms in total. The third-order valence-corrected chi connectivity index (χ3v) is 8.90. The average molecular weight is 369 g/mol. The Morgan fingerprint density at radius 1 is 1.15 bits per heavy atom. The lowest BCUT2D eigenvalue weighted by Gasteiger charge is -2.50. The average Bonchev–Trinajstić information content (AvgIpc) is 3.35. The zero-order valence-corrected chi connectivity index (χ0v) is 17.0. The molecule has 0 amide bonds. The van der Waals surface area contributed by atoms with Crippen molar-refractivity contribution in [3.8, 4) is 0 Å². The van der Waals surface area contributed by atoms with E-state index < -0.39 is 0 Å². The Hall–Kier alpha value is -0.930. The van der Waals surface area contributed by atoms with Gasteiger partial charge in [0.05, 0.1) is 6.61 Å². The predicted octanol–water partition coefficient (Wildman–Crippen LogP) is 5.17. The molecule has 27 heavy (non-hydrogen) atoms. The van der Waals surface area contributed by atoms with E-state index in [-0.39, 0.29) is 16.4 Å². The van der Waals surface area contributed by atoms with Crippen molar-refractivity contribution >= 4 is 5.78 Å². The largest absolute Gasteiger partial charge is 0.299 e. The maximum absolute atomic E-state index is 12.9. The van der Waals surface area contributed by atoms with Gasteiger partial charge in [0.2, 0.25) is 0 Å². The zero-order valence-electron chi connectivity index (χ0n) is 17.0. The first-order chi connectivity index (χ1) is 12.8. The lowest BCUT2D eigenvalue weighted by atomic mass is 9.56. The molecule has 6 rings (SSSR count). The molecule has 0 aromatic carbocycles. The van der Waals surface area contributed by atoms with Crippen LogP contribution in [0.25, 0.3) is 0 Å². The van der Waals surface area contributed by atoms with Crippen molar-refractivity contribution in [3.63, 3.8) is 0 Å². The van der Waals surface area contributed by atoms with Crippen LogP contribution in [-0.4, -0.2) is 18.0 Å². The quantitative estimate of drug-likeness (QED) is 0.554. The Morgan fingerprint density at radius 2 is 2.00 bits per heavy atom. The fourth-order valence-electron chi connectivity index (χ4n) is 7.82. The van der Waals surface area contributed by atoms with Gasteiger partial charge in [0.25, 0.3) is 0 Å². The molecule has 3 heteroatoms. The molecule has 6 aliphatic rings. The monoisotopic (exact) mass is 368 g/mol. The van der Waals surface area contributed by atoms with Gasteiger partial charge < -0.3 is 0 Å². The first-order valence-corrected chi connectivity index (χ1v) is 11.1. The highest BCUT2D eigenvalue weighted by atomic mass is 17.2. The second-order valence-corrected chi connectivity index (χ2v) is 11.5. The van der Waals surface area contributed by atoms with Crippen LogP contribution in [0.2, 0.25) is 0 Å². The van der Waals surface area contributed by atoms with E-state index >= 15 is 0 Å². The van der Waals surface area contributed by atoms with Crippen LogP contribution in [0.1, 0.15) is 72.1 Å². The minimum atomic E-state index is -0.109. The van der Waals surface area contributed by atoms with Crippen LogP contribution >= 0.6 is 0 Å². The Morgan fingerprint density at radius 3 is 2.81 bits per heavy atom. The number of carbonyl (C=O) groups excluding carboxylic acids is 1. The molecule has 0 aromatic heterocycles. The predicted molar refractivity (Wildman–Crippen MR) is 103 cm³/mol. The van der Waals surface area contributed by atoms with Crippen molar-refractivity contribution < 1.29 is 14.6 Å². The molecule has 3 fully saturated rings. The molecular formula is C24H32O3. The number of rotatable bonds is 0. The van der Waals surface area contributed by atoms with Gasteiger partial charge in [-0.15, -0.1) is 0 Å². The number of allylic oxidation sites excluding steroid dienone is 3. The van der Waals surface area contributed by atoms with Crippen LogP contribution < -0.4 is 0 Å². The van der Waals surface area contributed by atoms with Crippen LogP contribution in [0.4, 0.5) is 0 Å². The molecule has 2 saturated carbocycles. The van der Waals surface area contributed by atoms with Gasteiger partial charge in [-0.1, -0.05) is 32.4 Å². The van der Waals surface area contributed by atoms with Gasteiger partial charge in [0.1, 0.15) is 11.4 Å². The van der Waals surface area contributed by atoms with Crippen molar-refractivity contribution in [2.24, 2.45) is 34.5 Å². The summed E-state index contributed by atoms with van der Waals surface area (Å²) in [7, 11) is 0. The van der Waals surface area contributed by atoms with Gasteiger partial charge in [0, 0.05) is 17.8 Å². The number of fused-ring (bicyclic) bond motifs is 6. The molecule has 1 heterocycles. The van der Waals surface area contributed by atoms with Crippen molar-refractivity contribution in [2.45, 2.75) is 77.7 Å². The highest BCUT2D eigenvalue weighted by Gasteiger charge is 2.68. The van der Waals surface area contributed by atoms with Gasteiger partial charge in [-0.05, 0) is 79.3 Å². The van der Waals surface area contributed by atoms with E-state index in [0.717, 1.165) is 32.1 Å². The first-order valence-electron chi connectivity index (χ1n) is 11.1. The van der Waals surface area contributed by atoms with Gasteiger partial charge in [-0.2, -0.15) is 0 Å². The summed E-state index contributed by atoms with van der Waals surface area (Å²) in [6, 6.07) is 0. The van der Waals surface area contributed by atoms with E-state index in [1.54, 1.807) is 16.7 Å². The minimum absolute atomic E-state index is 0.0555. The van der Waals surface area contributed by atoms with E-state index in [0.29, 0.717) is 36.1 Å². The number of ketones is 1. The second-order valence-electron chi connectivity index (χ2n) is 11.5. The SMILES string of the molecule is CC1(C)COOC2(CCC3=C(CC[C@@H]4C3=CC[C@]3(C)C(=O)[C@H]5C[C@H]5[C@@H]43)C2)C1. The topological polar surface area (TPSA) is 35.5 Å².